The van der Waals surface area contributed by atoms with Gasteiger partial charge in [0.2, 0.25) is 0 Å². The van der Waals surface area contributed by atoms with Gasteiger partial charge in [0.15, 0.2) is 0 Å². The number of aliphatic hydroxyl groups excluding tert-OH is 1. The molecular formula is C13H11Br3N2O3. The number of nitrogens with zero attached hydrogens (tertiary/aromatic N) is 2. The summed E-state index contributed by atoms with van der Waals surface area (Å²) in [5.74, 6) is 0.648. The summed E-state index contributed by atoms with van der Waals surface area (Å²) in [4.78, 5) is 11.9. The number of ether oxygens (including phenoxy) is 1. The Balaban J connectivity index is 1.96. The van der Waals surface area contributed by atoms with Crippen molar-refractivity contribution in [3.63, 3.8) is 0 Å². The molecule has 0 aliphatic carbocycles. The lowest BCUT2D eigenvalue weighted by atomic mass is 10.3. The van der Waals surface area contributed by atoms with Crippen LogP contribution in [-0.2, 0) is 6.54 Å². The molecule has 1 aromatic heterocycles. The van der Waals surface area contributed by atoms with Crippen molar-refractivity contribution in [1.29, 1.82) is 0 Å². The van der Waals surface area contributed by atoms with Crippen molar-refractivity contribution in [2.24, 2.45) is 0 Å². The first-order chi connectivity index (χ1) is 9.97. The Bertz CT molecular complexity index is 673. The van der Waals surface area contributed by atoms with Crippen LogP contribution in [0.25, 0.3) is 0 Å². The highest BCUT2D eigenvalue weighted by atomic mass is 79.9. The van der Waals surface area contributed by atoms with Gasteiger partial charge in [-0.1, -0.05) is 15.9 Å². The van der Waals surface area contributed by atoms with Gasteiger partial charge in [0.25, 0.3) is 5.56 Å². The minimum atomic E-state index is -0.841. The largest absolute Gasteiger partial charge is 0.491 e. The number of rotatable bonds is 5. The Hall–Kier alpha value is -0.700. The highest BCUT2D eigenvalue weighted by molar-refractivity contribution is 9.13. The highest BCUT2D eigenvalue weighted by Crippen LogP contribution is 2.17. The Morgan fingerprint density at radius 3 is 2.57 bits per heavy atom. The first-order valence-corrected chi connectivity index (χ1v) is 8.33. The van der Waals surface area contributed by atoms with Gasteiger partial charge in [0, 0.05) is 4.47 Å². The molecule has 1 atom stereocenters. The van der Waals surface area contributed by atoms with E-state index in [1.807, 2.05) is 12.1 Å². The molecule has 1 unspecified atom stereocenters. The molecule has 0 spiro atoms. The minimum absolute atomic E-state index is 0.0568. The molecule has 0 saturated carbocycles. The summed E-state index contributed by atoms with van der Waals surface area (Å²) in [5.41, 5.74) is -0.313. The maximum Gasteiger partial charge on any atom is 0.282 e. The highest BCUT2D eigenvalue weighted by Gasteiger charge is 2.12. The van der Waals surface area contributed by atoms with Gasteiger partial charge in [-0.15, -0.1) is 0 Å². The van der Waals surface area contributed by atoms with Crippen molar-refractivity contribution in [2.75, 3.05) is 6.61 Å². The summed E-state index contributed by atoms with van der Waals surface area (Å²) in [7, 11) is 0. The molecule has 1 heterocycles. The fourth-order valence-electron chi connectivity index (χ4n) is 1.55. The summed E-state index contributed by atoms with van der Waals surface area (Å²) in [6.45, 7) is 0.130. The molecule has 1 aromatic carbocycles. The number of benzene rings is 1. The van der Waals surface area contributed by atoms with E-state index in [0.29, 0.717) is 14.7 Å². The molecule has 1 N–H and O–H groups in total. The van der Waals surface area contributed by atoms with Crippen LogP contribution in [-0.4, -0.2) is 27.6 Å². The molecule has 112 valence electrons. The third-order valence-electron chi connectivity index (χ3n) is 2.58. The summed E-state index contributed by atoms with van der Waals surface area (Å²) >= 11 is 9.70. The smallest absolute Gasteiger partial charge is 0.282 e. The lowest BCUT2D eigenvalue weighted by Gasteiger charge is -2.13. The molecule has 0 saturated heterocycles. The Morgan fingerprint density at radius 1 is 1.24 bits per heavy atom. The number of aliphatic hydroxyl groups is 1. The Morgan fingerprint density at radius 2 is 1.90 bits per heavy atom. The second-order valence-electron chi connectivity index (χ2n) is 4.21. The quantitative estimate of drug-likeness (QED) is 0.711. The van der Waals surface area contributed by atoms with E-state index in [-0.39, 0.29) is 18.7 Å². The maximum absolute atomic E-state index is 11.9. The number of aromatic nitrogens is 2. The van der Waals surface area contributed by atoms with Crippen LogP contribution in [0.5, 0.6) is 5.75 Å². The number of halogens is 3. The van der Waals surface area contributed by atoms with Gasteiger partial charge in [-0.05, 0) is 56.1 Å². The van der Waals surface area contributed by atoms with E-state index in [9.17, 15) is 9.90 Å². The third kappa shape index (κ3) is 4.64. The van der Waals surface area contributed by atoms with Crippen molar-refractivity contribution in [3.05, 3.63) is 54.2 Å². The monoisotopic (exact) mass is 480 g/mol. The molecule has 2 aromatic rings. The van der Waals surface area contributed by atoms with Gasteiger partial charge in [0.05, 0.1) is 17.2 Å². The van der Waals surface area contributed by atoms with Gasteiger partial charge in [-0.25, -0.2) is 4.68 Å². The second-order valence-corrected chi connectivity index (χ2v) is 6.78. The average molecular weight is 483 g/mol. The Kier molecular flexibility index (Phi) is 5.98. The summed E-state index contributed by atoms with van der Waals surface area (Å²) in [6.07, 6.45) is 0.653. The molecule has 0 bridgehead atoms. The van der Waals surface area contributed by atoms with E-state index < -0.39 is 6.10 Å². The number of hydrogen-bond acceptors (Lipinski definition) is 4. The van der Waals surface area contributed by atoms with Gasteiger partial charge in [-0.2, -0.15) is 5.10 Å². The SMILES string of the molecule is O=c1c(Br)c(Br)cnn1CC(O)COc1ccc(Br)cc1. The van der Waals surface area contributed by atoms with Gasteiger partial charge < -0.3 is 9.84 Å². The van der Waals surface area contributed by atoms with Crippen molar-refractivity contribution in [3.8, 4) is 5.75 Å². The van der Waals surface area contributed by atoms with E-state index in [4.69, 9.17) is 4.74 Å². The summed E-state index contributed by atoms with van der Waals surface area (Å²) < 4.78 is 8.54. The van der Waals surface area contributed by atoms with Crippen molar-refractivity contribution < 1.29 is 9.84 Å². The van der Waals surface area contributed by atoms with Gasteiger partial charge >= 0.3 is 0 Å². The van der Waals surface area contributed by atoms with Crippen LogP contribution in [0, 0.1) is 0 Å². The number of hydrogen-bond donors (Lipinski definition) is 1. The van der Waals surface area contributed by atoms with E-state index >= 15 is 0 Å². The molecular weight excluding hydrogens is 472 g/mol. The van der Waals surface area contributed by atoms with Crippen molar-refractivity contribution in [1.82, 2.24) is 9.78 Å². The normalized spacial score (nSPS) is 12.2. The third-order valence-corrected chi connectivity index (χ3v) is 5.01. The minimum Gasteiger partial charge on any atom is -0.491 e. The maximum atomic E-state index is 11.9. The second kappa shape index (κ2) is 7.53. The molecule has 8 heteroatoms. The van der Waals surface area contributed by atoms with Crippen LogP contribution in [0.1, 0.15) is 0 Å². The predicted octanol–water partition coefficient (Wildman–Crippen LogP) is 2.97. The fourth-order valence-corrected chi connectivity index (χ4v) is 2.38. The molecule has 0 amide bonds. The average Bonchev–Trinajstić information content (AvgIpc) is 2.47. The van der Waals surface area contributed by atoms with E-state index in [1.165, 1.54) is 10.9 Å². The van der Waals surface area contributed by atoms with Gasteiger partial charge in [0.1, 0.15) is 22.9 Å². The van der Waals surface area contributed by atoms with Crippen LogP contribution in [0.15, 0.2) is 48.7 Å². The van der Waals surface area contributed by atoms with Crippen LogP contribution in [0.4, 0.5) is 0 Å². The lowest BCUT2D eigenvalue weighted by molar-refractivity contribution is 0.0878. The molecule has 21 heavy (non-hydrogen) atoms. The zero-order valence-corrected chi connectivity index (χ0v) is 15.4. The Labute approximate surface area is 146 Å². The van der Waals surface area contributed by atoms with Crippen LogP contribution < -0.4 is 10.3 Å². The fraction of sp³-hybridized carbons (Fsp3) is 0.231. The van der Waals surface area contributed by atoms with Crippen molar-refractivity contribution >= 4 is 47.8 Å². The zero-order chi connectivity index (χ0) is 15.4. The first-order valence-electron chi connectivity index (χ1n) is 5.95. The van der Waals surface area contributed by atoms with E-state index in [0.717, 1.165) is 4.47 Å². The van der Waals surface area contributed by atoms with E-state index in [1.54, 1.807) is 12.1 Å². The lowest BCUT2D eigenvalue weighted by Crippen LogP contribution is -2.32. The van der Waals surface area contributed by atoms with Gasteiger partial charge in [-0.3, -0.25) is 4.79 Å². The predicted molar refractivity (Wildman–Crippen MR) is 89.5 cm³/mol. The molecule has 0 fully saturated rings. The van der Waals surface area contributed by atoms with Crippen LogP contribution in [0.2, 0.25) is 0 Å². The zero-order valence-electron chi connectivity index (χ0n) is 10.7. The van der Waals surface area contributed by atoms with Crippen molar-refractivity contribution in [2.45, 2.75) is 12.6 Å². The topological polar surface area (TPSA) is 64.4 Å². The first kappa shape index (κ1) is 16.7. The van der Waals surface area contributed by atoms with Crippen LogP contribution in [0.3, 0.4) is 0 Å². The summed E-state index contributed by atoms with van der Waals surface area (Å²) in [6, 6.07) is 7.27. The summed E-state index contributed by atoms with van der Waals surface area (Å²) in [5, 5.41) is 13.9. The molecule has 2 rings (SSSR count). The standard InChI is InChI=1S/C13H11Br3N2O3/c14-8-1-3-10(4-2-8)21-7-9(19)6-18-13(20)12(16)11(15)5-17-18/h1-5,9,19H,6-7H2. The molecule has 0 radical (unpaired) electrons. The van der Waals surface area contributed by atoms with Crippen LogP contribution >= 0.6 is 47.8 Å². The van der Waals surface area contributed by atoms with E-state index in [2.05, 4.69) is 52.9 Å². The molecule has 0 aliphatic heterocycles. The molecule has 0 aliphatic rings. The molecule has 5 nitrogen and oxygen atoms in total.